The number of hydrogen-bond donors (Lipinski definition) is 1. The van der Waals surface area contributed by atoms with Crippen molar-refractivity contribution < 1.29 is 13.6 Å². The first kappa shape index (κ1) is 15.8. The van der Waals surface area contributed by atoms with Crippen LogP contribution in [0.15, 0.2) is 18.2 Å². The molecule has 0 aliphatic rings. The number of pyridine rings is 1. The molecule has 1 heterocycles. The van der Waals surface area contributed by atoms with Gasteiger partial charge in [-0.3, -0.25) is 4.79 Å². The standard InChI is InChI=1S/C12H7Br3F2N2O/c1-5-4-8(19-11(20)12(13,14)15)9-6(16)2-3-7(17)10(9)18-5/h2-4H,1H3,(H,18,19,20). The summed E-state index contributed by atoms with van der Waals surface area (Å²) in [5.74, 6) is -1.83. The lowest BCUT2D eigenvalue weighted by atomic mass is 10.1. The first-order valence-electron chi connectivity index (χ1n) is 5.33. The average Bonchev–Trinajstić information content (AvgIpc) is 2.32. The number of amides is 1. The zero-order valence-corrected chi connectivity index (χ0v) is 14.7. The maximum atomic E-state index is 13.9. The van der Waals surface area contributed by atoms with Crippen molar-refractivity contribution in [3.63, 3.8) is 0 Å². The SMILES string of the molecule is Cc1cc(NC(=O)C(Br)(Br)Br)c2c(F)ccc(F)c2n1. The zero-order chi connectivity index (χ0) is 15.1. The van der Waals surface area contributed by atoms with E-state index in [9.17, 15) is 13.6 Å². The summed E-state index contributed by atoms with van der Waals surface area (Å²) in [6.07, 6.45) is 0. The fourth-order valence-electron chi connectivity index (χ4n) is 1.69. The number of fused-ring (bicyclic) bond motifs is 1. The number of aryl methyl sites for hydroxylation is 1. The Morgan fingerprint density at radius 2 is 1.85 bits per heavy atom. The number of carbonyl (C=O) groups excluding carboxylic acids is 1. The van der Waals surface area contributed by atoms with E-state index in [0.29, 0.717) is 5.69 Å². The minimum absolute atomic E-state index is 0.0688. The van der Waals surface area contributed by atoms with Crippen LogP contribution in [0.2, 0.25) is 0 Å². The van der Waals surface area contributed by atoms with Gasteiger partial charge in [0.15, 0.2) is 0 Å². The molecule has 0 spiro atoms. The predicted octanol–water partition coefficient (Wildman–Crippen LogP) is 4.60. The first-order valence-corrected chi connectivity index (χ1v) is 7.71. The number of rotatable bonds is 1. The van der Waals surface area contributed by atoms with Crippen LogP contribution in [-0.2, 0) is 4.79 Å². The molecule has 3 nitrogen and oxygen atoms in total. The molecule has 0 radical (unpaired) electrons. The van der Waals surface area contributed by atoms with E-state index in [1.54, 1.807) is 6.92 Å². The molecule has 2 aromatic rings. The molecule has 0 aliphatic heterocycles. The normalized spacial score (nSPS) is 11.7. The van der Waals surface area contributed by atoms with E-state index in [0.717, 1.165) is 12.1 Å². The highest BCUT2D eigenvalue weighted by molar-refractivity contribution is 9.40. The van der Waals surface area contributed by atoms with E-state index < -0.39 is 19.7 Å². The summed E-state index contributed by atoms with van der Waals surface area (Å²) in [5.41, 5.74) is 0.489. The van der Waals surface area contributed by atoms with Gasteiger partial charge in [-0.25, -0.2) is 13.8 Å². The minimum Gasteiger partial charge on any atom is -0.323 e. The summed E-state index contributed by atoms with van der Waals surface area (Å²) >= 11 is 9.16. The highest BCUT2D eigenvalue weighted by atomic mass is 80.0. The van der Waals surface area contributed by atoms with Crippen molar-refractivity contribution in [3.05, 3.63) is 35.5 Å². The molecule has 1 amide bonds. The molecule has 0 fully saturated rings. The molecule has 0 saturated heterocycles. The van der Waals surface area contributed by atoms with Gasteiger partial charge in [0, 0.05) is 5.69 Å². The molecule has 106 valence electrons. The quantitative estimate of drug-likeness (QED) is 0.616. The number of nitrogens with zero attached hydrogens (tertiary/aromatic N) is 1. The minimum atomic E-state index is -1.19. The van der Waals surface area contributed by atoms with Gasteiger partial charge < -0.3 is 5.32 Å². The number of alkyl halides is 3. The molecule has 1 N–H and O–H groups in total. The summed E-state index contributed by atoms with van der Waals surface area (Å²) in [5, 5.41) is 2.44. The Morgan fingerprint density at radius 3 is 2.45 bits per heavy atom. The number of nitrogens with one attached hydrogen (secondary N) is 1. The van der Waals surface area contributed by atoms with Crippen molar-refractivity contribution in [3.8, 4) is 0 Å². The van der Waals surface area contributed by atoms with Gasteiger partial charge in [-0.05, 0) is 72.9 Å². The Kier molecular flexibility index (Phi) is 4.46. The maximum Gasteiger partial charge on any atom is 0.263 e. The number of benzene rings is 1. The van der Waals surface area contributed by atoms with Crippen LogP contribution in [0, 0.1) is 18.6 Å². The largest absolute Gasteiger partial charge is 0.323 e. The summed E-state index contributed by atoms with van der Waals surface area (Å²) in [6, 6.07) is 3.47. The summed E-state index contributed by atoms with van der Waals surface area (Å²) in [7, 11) is 0. The van der Waals surface area contributed by atoms with Crippen LogP contribution in [-0.4, -0.2) is 13.0 Å². The van der Waals surface area contributed by atoms with Crippen molar-refractivity contribution in [2.24, 2.45) is 0 Å². The summed E-state index contributed by atoms with van der Waals surface area (Å²) in [6.45, 7) is 1.63. The van der Waals surface area contributed by atoms with Gasteiger partial charge >= 0.3 is 0 Å². The lowest BCUT2D eigenvalue weighted by Gasteiger charge is -2.15. The second-order valence-electron chi connectivity index (χ2n) is 4.02. The smallest absolute Gasteiger partial charge is 0.263 e. The lowest BCUT2D eigenvalue weighted by molar-refractivity contribution is -0.114. The molecule has 0 bridgehead atoms. The predicted molar refractivity (Wildman–Crippen MR) is 84.5 cm³/mol. The Bertz CT molecular complexity index is 701. The zero-order valence-electron chi connectivity index (χ0n) is 9.98. The highest BCUT2D eigenvalue weighted by Gasteiger charge is 2.29. The Hall–Kier alpha value is -0.600. The monoisotopic (exact) mass is 470 g/mol. The van der Waals surface area contributed by atoms with Crippen LogP contribution in [0.1, 0.15) is 5.69 Å². The fraction of sp³-hybridized carbons (Fsp3) is 0.167. The van der Waals surface area contributed by atoms with Crippen molar-refractivity contribution in [2.45, 2.75) is 9.07 Å². The third-order valence-corrected chi connectivity index (χ3v) is 3.57. The lowest BCUT2D eigenvalue weighted by Crippen LogP contribution is -2.25. The Morgan fingerprint density at radius 1 is 1.25 bits per heavy atom. The van der Waals surface area contributed by atoms with E-state index >= 15 is 0 Å². The van der Waals surface area contributed by atoms with Crippen LogP contribution in [0.25, 0.3) is 10.9 Å². The number of anilines is 1. The maximum absolute atomic E-state index is 13.9. The first-order chi connectivity index (χ1) is 9.20. The van der Waals surface area contributed by atoms with Gasteiger partial charge in [-0.15, -0.1) is 0 Å². The van der Waals surface area contributed by atoms with Crippen molar-refractivity contribution in [1.29, 1.82) is 0 Å². The molecule has 8 heteroatoms. The van der Waals surface area contributed by atoms with E-state index in [2.05, 4.69) is 58.1 Å². The van der Waals surface area contributed by atoms with Crippen molar-refractivity contribution >= 4 is 70.3 Å². The third kappa shape index (κ3) is 3.17. The molecule has 20 heavy (non-hydrogen) atoms. The summed E-state index contributed by atoms with van der Waals surface area (Å²) < 4.78 is 26.4. The fourth-order valence-corrected chi connectivity index (χ4v) is 1.99. The van der Waals surface area contributed by atoms with Crippen LogP contribution in [0.4, 0.5) is 14.5 Å². The van der Waals surface area contributed by atoms with E-state index in [1.807, 2.05) is 0 Å². The van der Waals surface area contributed by atoms with E-state index in [4.69, 9.17) is 0 Å². The number of hydrogen-bond acceptors (Lipinski definition) is 2. The molecular weight excluding hydrogens is 466 g/mol. The van der Waals surface area contributed by atoms with Gasteiger partial charge in [-0.1, -0.05) is 0 Å². The molecule has 2 rings (SSSR count). The molecule has 1 aromatic heterocycles. The molecule has 0 atom stereocenters. The van der Waals surface area contributed by atoms with Gasteiger partial charge in [-0.2, -0.15) is 0 Å². The average molecular weight is 473 g/mol. The van der Waals surface area contributed by atoms with Crippen molar-refractivity contribution in [2.75, 3.05) is 5.32 Å². The second-order valence-corrected chi connectivity index (χ2v) is 10.8. The number of halogens is 5. The molecule has 0 aliphatic carbocycles. The van der Waals surface area contributed by atoms with Gasteiger partial charge in [0.2, 0.25) is 2.14 Å². The van der Waals surface area contributed by atoms with Crippen LogP contribution >= 0.6 is 47.8 Å². The molecule has 1 aromatic carbocycles. The van der Waals surface area contributed by atoms with Gasteiger partial charge in [0.25, 0.3) is 5.91 Å². The third-order valence-electron chi connectivity index (χ3n) is 2.49. The van der Waals surface area contributed by atoms with E-state index in [1.165, 1.54) is 6.07 Å². The molecular formula is C12H7Br3F2N2O. The van der Waals surface area contributed by atoms with Crippen LogP contribution in [0.5, 0.6) is 0 Å². The van der Waals surface area contributed by atoms with Crippen LogP contribution < -0.4 is 5.32 Å². The topological polar surface area (TPSA) is 42.0 Å². The highest BCUT2D eigenvalue weighted by Crippen LogP contribution is 2.36. The molecule has 0 saturated carbocycles. The van der Waals surface area contributed by atoms with Crippen molar-refractivity contribution in [1.82, 2.24) is 4.98 Å². The van der Waals surface area contributed by atoms with Gasteiger partial charge in [0.05, 0.1) is 11.1 Å². The molecule has 0 unspecified atom stereocenters. The van der Waals surface area contributed by atoms with Gasteiger partial charge in [0.1, 0.15) is 17.2 Å². The van der Waals surface area contributed by atoms with E-state index in [-0.39, 0.29) is 16.6 Å². The number of carbonyl (C=O) groups is 1. The second kappa shape index (κ2) is 5.65. The summed E-state index contributed by atoms with van der Waals surface area (Å²) in [4.78, 5) is 15.9. The Balaban J connectivity index is 2.64. The number of aromatic nitrogens is 1. The van der Waals surface area contributed by atoms with Crippen LogP contribution in [0.3, 0.4) is 0 Å². The Labute approximate surface area is 138 Å².